The van der Waals surface area contributed by atoms with Crippen LogP contribution in [0.3, 0.4) is 0 Å². The lowest BCUT2D eigenvalue weighted by atomic mass is 10.1. The number of nitrogens with two attached hydrogens (primary N) is 2. The Balaban J connectivity index is 2.13. The molecule has 5 nitrogen and oxygen atoms in total. The first kappa shape index (κ1) is 18.3. The number of para-hydroxylation sites is 2. The van der Waals surface area contributed by atoms with Crippen LogP contribution in [0.5, 0.6) is 5.75 Å². The van der Waals surface area contributed by atoms with Gasteiger partial charge in [0.2, 0.25) is 5.78 Å². The number of hydrazine groups is 1. The molecule has 0 aliphatic carbocycles. The highest BCUT2D eigenvalue weighted by Crippen LogP contribution is 2.21. The van der Waals surface area contributed by atoms with Crippen LogP contribution in [0.1, 0.15) is 23.2 Å². The summed E-state index contributed by atoms with van der Waals surface area (Å²) < 4.78 is 5.70. The summed E-state index contributed by atoms with van der Waals surface area (Å²) in [6.07, 6.45) is 4.94. The lowest BCUT2D eigenvalue weighted by Crippen LogP contribution is -2.27. The molecule has 0 aromatic heterocycles. The maximum absolute atomic E-state index is 12.6. The third kappa shape index (κ3) is 5.22. The zero-order valence-corrected chi connectivity index (χ0v) is 14.1. The Hall–Kier alpha value is -3.05. The minimum absolute atomic E-state index is 0.0356. The maximum atomic E-state index is 12.6. The Bertz CT molecular complexity index is 742. The van der Waals surface area contributed by atoms with Crippen LogP contribution in [0.2, 0.25) is 0 Å². The fourth-order valence-electron chi connectivity index (χ4n) is 2.23. The number of unbranched alkanes of at least 4 members (excludes halogenated alkanes) is 1. The lowest BCUT2D eigenvalue weighted by Gasteiger charge is -2.15. The van der Waals surface area contributed by atoms with Gasteiger partial charge in [-0.05, 0) is 37.1 Å². The van der Waals surface area contributed by atoms with Crippen molar-refractivity contribution in [2.45, 2.75) is 12.8 Å². The van der Waals surface area contributed by atoms with Gasteiger partial charge in [-0.1, -0.05) is 36.4 Å². The fourth-order valence-corrected chi connectivity index (χ4v) is 2.23. The summed E-state index contributed by atoms with van der Waals surface area (Å²) in [6.45, 7) is 4.18. The van der Waals surface area contributed by atoms with Crippen LogP contribution in [0.15, 0.2) is 79.1 Å². The summed E-state index contributed by atoms with van der Waals surface area (Å²) in [5.74, 6) is 6.13. The molecular formula is C20H23N3O2. The Morgan fingerprint density at radius 3 is 2.52 bits per heavy atom. The smallest absolute Gasteiger partial charge is 0.213 e. The minimum atomic E-state index is -0.328. The van der Waals surface area contributed by atoms with Gasteiger partial charge in [-0.15, -0.1) is 6.58 Å². The summed E-state index contributed by atoms with van der Waals surface area (Å²) in [6, 6.07) is 16.3. The van der Waals surface area contributed by atoms with Crippen molar-refractivity contribution in [2.75, 3.05) is 11.6 Å². The Morgan fingerprint density at radius 2 is 1.80 bits per heavy atom. The second-order valence-electron chi connectivity index (χ2n) is 5.43. The molecule has 0 heterocycles. The fraction of sp³-hybridized carbons (Fsp3) is 0.150. The van der Waals surface area contributed by atoms with E-state index in [0.29, 0.717) is 17.9 Å². The number of ketones is 1. The van der Waals surface area contributed by atoms with Crippen LogP contribution in [0, 0.1) is 0 Å². The molecule has 25 heavy (non-hydrogen) atoms. The molecule has 4 N–H and O–H groups in total. The average molecular weight is 337 g/mol. The molecule has 0 atom stereocenters. The highest BCUT2D eigenvalue weighted by atomic mass is 16.5. The minimum Gasteiger partial charge on any atom is -0.493 e. The van der Waals surface area contributed by atoms with Crippen molar-refractivity contribution in [1.29, 1.82) is 0 Å². The van der Waals surface area contributed by atoms with E-state index in [1.54, 1.807) is 18.2 Å². The van der Waals surface area contributed by atoms with E-state index in [4.69, 9.17) is 16.3 Å². The number of benzene rings is 2. The van der Waals surface area contributed by atoms with E-state index in [9.17, 15) is 4.79 Å². The summed E-state index contributed by atoms with van der Waals surface area (Å²) in [4.78, 5) is 12.6. The number of hydrogen-bond acceptors (Lipinski definition) is 5. The number of hydrogen-bond donors (Lipinski definition) is 2. The molecule has 0 saturated heterocycles. The van der Waals surface area contributed by atoms with Gasteiger partial charge in [0.1, 0.15) is 5.75 Å². The number of rotatable bonds is 9. The van der Waals surface area contributed by atoms with Gasteiger partial charge in [0.15, 0.2) is 0 Å². The summed E-state index contributed by atoms with van der Waals surface area (Å²) in [7, 11) is 0. The summed E-state index contributed by atoms with van der Waals surface area (Å²) >= 11 is 0. The average Bonchev–Trinajstić information content (AvgIpc) is 2.65. The molecule has 0 amide bonds. The molecule has 0 unspecified atom stereocenters. The number of carbonyl (C=O) groups is 1. The summed E-state index contributed by atoms with van der Waals surface area (Å²) in [5, 5.41) is 1.32. The molecule has 0 aliphatic heterocycles. The van der Waals surface area contributed by atoms with E-state index in [2.05, 4.69) is 6.58 Å². The van der Waals surface area contributed by atoms with E-state index < -0.39 is 0 Å². The van der Waals surface area contributed by atoms with Gasteiger partial charge in [-0.2, -0.15) is 0 Å². The van der Waals surface area contributed by atoms with Crippen molar-refractivity contribution in [3.05, 3.63) is 84.7 Å². The molecule has 0 saturated carbocycles. The van der Waals surface area contributed by atoms with E-state index in [1.807, 2.05) is 42.5 Å². The molecule has 130 valence electrons. The molecule has 0 fully saturated rings. The molecule has 5 heteroatoms. The van der Waals surface area contributed by atoms with Gasteiger partial charge in [-0.25, -0.2) is 5.84 Å². The predicted molar refractivity (Wildman–Crippen MR) is 101 cm³/mol. The van der Waals surface area contributed by atoms with Crippen molar-refractivity contribution < 1.29 is 9.53 Å². The third-order valence-corrected chi connectivity index (χ3v) is 3.54. The maximum Gasteiger partial charge on any atom is 0.213 e. The van der Waals surface area contributed by atoms with Crippen LogP contribution in [0.4, 0.5) is 5.69 Å². The second-order valence-corrected chi connectivity index (χ2v) is 5.43. The number of anilines is 1. The van der Waals surface area contributed by atoms with Gasteiger partial charge in [0.25, 0.3) is 0 Å². The van der Waals surface area contributed by atoms with Crippen LogP contribution >= 0.6 is 0 Å². The molecule has 0 spiro atoms. The van der Waals surface area contributed by atoms with Gasteiger partial charge >= 0.3 is 0 Å². The van der Waals surface area contributed by atoms with Crippen LogP contribution in [0.25, 0.3) is 0 Å². The Labute approximate surface area is 148 Å². The highest BCUT2D eigenvalue weighted by molar-refractivity contribution is 6.10. The van der Waals surface area contributed by atoms with Crippen LogP contribution < -0.4 is 21.3 Å². The number of nitrogens with zero attached hydrogens (tertiary/aromatic N) is 1. The van der Waals surface area contributed by atoms with Crippen molar-refractivity contribution >= 4 is 11.5 Å². The van der Waals surface area contributed by atoms with Crippen LogP contribution in [-0.2, 0) is 0 Å². The Morgan fingerprint density at radius 1 is 1.12 bits per heavy atom. The Kier molecular flexibility index (Phi) is 6.80. The summed E-state index contributed by atoms with van der Waals surface area (Å²) in [5.41, 5.74) is 7.13. The molecule has 2 rings (SSSR count). The van der Waals surface area contributed by atoms with Gasteiger partial charge in [0, 0.05) is 6.20 Å². The standard InChI is InChI=1S/C20H23N3O2/c1-2-3-9-14-25-19-13-8-7-12-17(19)20(24)18(21)15-23(22)16-10-5-4-6-11-16/h2,4-8,10-13,15H,1,3,9,14,21-22H2/b18-15-. The van der Waals surface area contributed by atoms with Crippen molar-refractivity contribution in [1.82, 2.24) is 0 Å². The quantitative estimate of drug-likeness (QED) is 0.183. The molecule has 0 radical (unpaired) electrons. The van der Waals surface area contributed by atoms with Crippen molar-refractivity contribution in [3.63, 3.8) is 0 Å². The van der Waals surface area contributed by atoms with Gasteiger partial charge < -0.3 is 10.5 Å². The predicted octanol–water partition coefficient (Wildman–Crippen LogP) is 3.39. The number of allylic oxidation sites excluding steroid dienone is 2. The first-order chi connectivity index (χ1) is 12.1. The normalized spacial score (nSPS) is 11.0. The molecule has 2 aromatic carbocycles. The van der Waals surface area contributed by atoms with E-state index in [1.165, 1.54) is 11.2 Å². The first-order valence-corrected chi connectivity index (χ1v) is 8.07. The van der Waals surface area contributed by atoms with E-state index >= 15 is 0 Å². The third-order valence-electron chi connectivity index (χ3n) is 3.54. The van der Waals surface area contributed by atoms with Gasteiger partial charge in [-0.3, -0.25) is 9.80 Å². The topological polar surface area (TPSA) is 81.6 Å². The van der Waals surface area contributed by atoms with E-state index in [-0.39, 0.29) is 11.5 Å². The molecule has 0 aliphatic rings. The molecule has 2 aromatic rings. The first-order valence-electron chi connectivity index (χ1n) is 8.07. The van der Waals surface area contributed by atoms with Crippen molar-refractivity contribution in [3.8, 4) is 5.75 Å². The SMILES string of the molecule is C=CCCCOc1ccccc1C(=O)/C(N)=C/N(N)c1ccccc1. The van der Waals surface area contributed by atoms with Crippen LogP contribution in [-0.4, -0.2) is 12.4 Å². The monoisotopic (exact) mass is 337 g/mol. The van der Waals surface area contributed by atoms with Crippen molar-refractivity contribution in [2.24, 2.45) is 11.6 Å². The largest absolute Gasteiger partial charge is 0.493 e. The highest BCUT2D eigenvalue weighted by Gasteiger charge is 2.15. The number of Topliss-reactive ketones (excluding diaryl/α,β-unsaturated/α-hetero) is 1. The second kappa shape index (κ2) is 9.30. The number of carbonyl (C=O) groups excluding carboxylic acids is 1. The lowest BCUT2D eigenvalue weighted by molar-refractivity contribution is 0.102. The van der Waals surface area contributed by atoms with E-state index in [0.717, 1.165) is 18.5 Å². The number of ether oxygens (including phenoxy) is 1. The molecule has 0 bridgehead atoms. The molecular weight excluding hydrogens is 314 g/mol. The zero-order valence-electron chi connectivity index (χ0n) is 14.1. The zero-order chi connectivity index (χ0) is 18.1. The van der Waals surface area contributed by atoms with Gasteiger partial charge in [0.05, 0.1) is 23.6 Å².